The van der Waals surface area contributed by atoms with E-state index in [9.17, 15) is 14.4 Å². The Morgan fingerprint density at radius 3 is 2.24 bits per heavy atom. The van der Waals surface area contributed by atoms with Crippen molar-refractivity contribution >= 4 is 18.2 Å². The van der Waals surface area contributed by atoms with Crippen LogP contribution in [0.1, 0.15) is 41.0 Å². The number of hydrogen-bond donors (Lipinski definition) is 1. The minimum atomic E-state index is -0.813. The lowest BCUT2D eigenvalue weighted by atomic mass is 9.96. The number of alkyl carbamates (subject to hydrolysis) is 1. The van der Waals surface area contributed by atoms with Crippen molar-refractivity contribution < 1.29 is 19.1 Å². The van der Waals surface area contributed by atoms with Crippen molar-refractivity contribution in [2.45, 2.75) is 52.7 Å². The molecule has 0 bridgehead atoms. The van der Waals surface area contributed by atoms with Gasteiger partial charge in [-0.2, -0.15) is 0 Å². The summed E-state index contributed by atoms with van der Waals surface area (Å²) in [5.41, 5.74) is -0.631. The molecule has 0 rings (SSSR count). The van der Waals surface area contributed by atoms with Crippen LogP contribution in [0.4, 0.5) is 4.79 Å². The molecule has 0 aromatic rings. The zero-order valence-electron chi connectivity index (χ0n) is 11.1. The molecular formula is C12H21NO4. The Labute approximate surface area is 102 Å². The number of amides is 1. The predicted octanol–water partition coefficient (Wildman–Crippen LogP) is 1.69. The van der Waals surface area contributed by atoms with E-state index < -0.39 is 23.5 Å². The predicted molar refractivity (Wildman–Crippen MR) is 63.7 cm³/mol. The summed E-state index contributed by atoms with van der Waals surface area (Å²) in [7, 11) is 0. The fraction of sp³-hybridized carbons (Fsp3) is 0.750. The molecule has 1 amide bonds. The van der Waals surface area contributed by atoms with Gasteiger partial charge in [-0.15, -0.1) is 0 Å². The first kappa shape index (κ1) is 15.6. The van der Waals surface area contributed by atoms with Crippen LogP contribution in [-0.2, 0) is 14.3 Å². The van der Waals surface area contributed by atoms with Crippen molar-refractivity contribution in [1.29, 1.82) is 0 Å². The summed E-state index contributed by atoms with van der Waals surface area (Å²) in [5, 5.41) is 2.43. The van der Waals surface area contributed by atoms with Crippen molar-refractivity contribution in [2.75, 3.05) is 0 Å². The Kier molecular flexibility index (Phi) is 5.85. The molecule has 5 heteroatoms. The van der Waals surface area contributed by atoms with Crippen LogP contribution in [0, 0.1) is 5.92 Å². The van der Waals surface area contributed by atoms with Crippen LogP contribution in [0.3, 0.4) is 0 Å². The molecule has 0 spiro atoms. The second-order valence-electron chi connectivity index (χ2n) is 5.03. The van der Waals surface area contributed by atoms with E-state index in [2.05, 4.69) is 5.32 Å². The van der Waals surface area contributed by atoms with Gasteiger partial charge in [0.05, 0.1) is 0 Å². The van der Waals surface area contributed by atoms with E-state index in [0.717, 1.165) is 0 Å². The van der Waals surface area contributed by atoms with Gasteiger partial charge in [-0.05, 0) is 26.7 Å². The number of ketones is 1. The summed E-state index contributed by atoms with van der Waals surface area (Å²) in [6.07, 6.45) is 0.229. The highest BCUT2D eigenvalue weighted by Gasteiger charge is 2.27. The first-order valence-electron chi connectivity index (χ1n) is 5.69. The monoisotopic (exact) mass is 243 g/mol. The number of carbonyl (C=O) groups excluding carboxylic acids is 3. The number of aldehydes is 1. The minimum absolute atomic E-state index is 0.111. The van der Waals surface area contributed by atoms with Crippen LogP contribution in [0.2, 0.25) is 0 Å². The Hall–Kier alpha value is -1.39. The summed E-state index contributed by atoms with van der Waals surface area (Å²) >= 11 is 0. The largest absolute Gasteiger partial charge is 0.444 e. The van der Waals surface area contributed by atoms with E-state index in [1.807, 2.05) is 6.92 Å². The number of hydrogen-bond acceptors (Lipinski definition) is 4. The average molecular weight is 243 g/mol. The van der Waals surface area contributed by atoms with E-state index in [1.54, 1.807) is 27.7 Å². The summed E-state index contributed by atoms with van der Waals surface area (Å²) in [6, 6.07) is -0.813. The third kappa shape index (κ3) is 6.04. The molecule has 0 saturated carbocycles. The van der Waals surface area contributed by atoms with Gasteiger partial charge in [0.1, 0.15) is 11.6 Å². The van der Waals surface area contributed by atoms with Crippen LogP contribution >= 0.6 is 0 Å². The maximum Gasteiger partial charge on any atom is 0.408 e. The maximum atomic E-state index is 11.5. The number of Topliss-reactive ketones (excluding diaryl/α,β-unsaturated/α-hetero) is 1. The summed E-state index contributed by atoms with van der Waals surface area (Å²) < 4.78 is 5.04. The van der Waals surface area contributed by atoms with E-state index in [0.29, 0.717) is 6.42 Å². The van der Waals surface area contributed by atoms with E-state index in [-0.39, 0.29) is 12.2 Å². The summed E-state index contributed by atoms with van der Waals surface area (Å²) in [5.74, 6) is -0.745. The quantitative estimate of drug-likeness (QED) is 0.589. The molecule has 0 aliphatic carbocycles. The van der Waals surface area contributed by atoms with Gasteiger partial charge >= 0.3 is 6.09 Å². The summed E-state index contributed by atoms with van der Waals surface area (Å²) in [4.78, 5) is 33.4. The molecule has 0 aromatic heterocycles. The third-order valence-corrected chi connectivity index (χ3v) is 2.31. The highest BCUT2D eigenvalue weighted by atomic mass is 16.6. The SMILES string of the molecule is CC[C@H](C)[C@H](NC(=O)OC(C)(C)C)C(=O)C=O. The van der Waals surface area contributed by atoms with E-state index in [1.165, 1.54) is 0 Å². The second kappa shape index (κ2) is 6.37. The highest BCUT2D eigenvalue weighted by molar-refractivity contribution is 6.27. The smallest absolute Gasteiger partial charge is 0.408 e. The molecule has 0 fully saturated rings. The number of carbonyl (C=O) groups is 3. The first-order chi connectivity index (χ1) is 7.71. The van der Waals surface area contributed by atoms with Crippen LogP contribution in [0.25, 0.3) is 0 Å². The minimum Gasteiger partial charge on any atom is -0.444 e. The lowest BCUT2D eigenvalue weighted by Crippen LogP contribution is -2.47. The molecule has 1 N–H and O–H groups in total. The number of ether oxygens (including phenoxy) is 1. The molecule has 17 heavy (non-hydrogen) atoms. The fourth-order valence-electron chi connectivity index (χ4n) is 1.24. The van der Waals surface area contributed by atoms with Crippen molar-refractivity contribution in [3.05, 3.63) is 0 Å². The Morgan fingerprint density at radius 2 is 1.88 bits per heavy atom. The molecule has 0 aliphatic heterocycles. The Balaban J connectivity index is 4.60. The maximum absolute atomic E-state index is 11.5. The van der Waals surface area contributed by atoms with Gasteiger partial charge in [-0.25, -0.2) is 4.79 Å². The number of nitrogens with one attached hydrogen (secondary N) is 1. The van der Waals surface area contributed by atoms with Crippen molar-refractivity contribution in [3.63, 3.8) is 0 Å². The van der Waals surface area contributed by atoms with E-state index >= 15 is 0 Å². The lowest BCUT2D eigenvalue weighted by Gasteiger charge is -2.24. The Bertz CT molecular complexity index is 293. The van der Waals surface area contributed by atoms with Crippen LogP contribution in [0.5, 0.6) is 0 Å². The van der Waals surface area contributed by atoms with Gasteiger partial charge in [0.2, 0.25) is 5.78 Å². The third-order valence-electron chi connectivity index (χ3n) is 2.31. The molecule has 0 heterocycles. The van der Waals surface area contributed by atoms with Gasteiger partial charge in [0.15, 0.2) is 6.29 Å². The second-order valence-corrected chi connectivity index (χ2v) is 5.03. The molecule has 2 atom stereocenters. The summed E-state index contributed by atoms with van der Waals surface area (Å²) in [6.45, 7) is 8.86. The molecule has 0 aromatic carbocycles. The molecular weight excluding hydrogens is 222 g/mol. The van der Waals surface area contributed by atoms with Crippen LogP contribution < -0.4 is 5.32 Å². The average Bonchev–Trinajstić information content (AvgIpc) is 2.21. The van der Waals surface area contributed by atoms with Crippen LogP contribution in [0.15, 0.2) is 0 Å². The molecule has 0 radical (unpaired) electrons. The van der Waals surface area contributed by atoms with Crippen molar-refractivity contribution in [2.24, 2.45) is 5.92 Å². The Morgan fingerprint density at radius 1 is 1.35 bits per heavy atom. The zero-order chi connectivity index (χ0) is 13.6. The van der Waals surface area contributed by atoms with Gasteiger partial charge in [-0.1, -0.05) is 20.3 Å². The standard InChI is InChI=1S/C12H21NO4/c1-6-8(2)10(9(15)7-14)13-11(16)17-12(3,4)5/h7-8,10H,6H2,1-5H3,(H,13,16)/t8-,10-/m0/s1. The van der Waals surface area contributed by atoms with Crippen molar-refractivity contribution in [1.82, 2.24) is 5.32 Å². The normalized spacial score (nSPS) is 14.6. The molecule has 0 unspecified atom stereocenters. The van der Waals surface area contributed by atoms with E-state index in [4.69, 9.17) is 4.74 Å². The van der Waals surface area contributed by atoms with Gasteiger partial charge < -0.3 is 10.1 Å². The van der Waals surface area contributed by atoms with Crippen LogP contribution in [-0.4, -0.2) is 29.8 Å². The fourth-order valence-corrected chi connectivity index (χ4v) is 1.24. The van der Waals surface area contributed by atoms with Gasteiger partial charge in [0, 0.05) is 0 Å². The highest BCUT2D eigenvalue weighted by Crippen LogP contribution is 2.11. The number of rotatable bonds is 5. The molecule has 0 aliphatic rings. The molecule has 98 valence electrons. The van der Waals surface area contributed by atoms with Crippen molar-refractivity contribution in [3.8, 4) is 0 Å². The molecule has 5 nitrogen and oxygen atoms in total. The van der Waals surface area contributed by atoms with Gasteiger partial charge in [-0.3, -0.25) is 9.59 Å². The lowest BCUT2D eigenvalue weighted by molar-refractivity contribution is -0.132. The zero-order valence-corrected chi connectivity index (χ0v) is 11.1. The first-order valence-corrected chi connectivity index (χ1v) is 5.69. The van der Waals surface area contributed by atoms with Gasteiger partial charge in [0.25, 0.3) is 0 Å². The molecule has 0 saturated heterocycles. The topological polar surface area (TPSA) is 72.5 Å².